The van der Waals surface area contributed by atoms with Gasteiger partial charge in [0.15, 0.2) is 0 Å². The smallest absolute Gasteiger partial charge is 0.261 e. The Kier molecular flexibility index (Phi) is 5.38. The molecule has 0 radical (unpaired) electrons. The van der Waals surface area contributed by atoms with Gasteiger partial charge in [0.2, 0.25) is 5.91 Å². The number of hydrogen-bond donors (Lipinski definition) is 1. The number of benzene rings is 1. The summed E-state index contributed by atoms with van der Waals surface area (Å²) in [6.45, 7) is 3.12. The number of nitrogens with zero attached hydrogens (tertiary/aromatic N) is 4. The van der Waals surface area contributed by atoms with E-state index < -0.39 is 0 Å². The van der Waals surface area contributed by atoms with Crippen LogP contribution in [0.1, 0.15) is 31.1 Å². The van der Waals surface area contributed by atoms with Gasteiger partial charge >= 0.3 is 0 Å². The van der Waals surface area contributed by atoms with Gasteiger partial charge in [0, 0.05) is 32.0 Å². The zero-order chi connectivity index (χ0) is 21.2. The molecule has 1 saturated carbocycles. The summed E-state index contributed by atoms with van der Waals surface area (Å²) in [7, 11) is 0. The van der Waals surface area contributed by atoms with Crippen molar-refractivity contribution in [3.8, 4) is 0 Å². The number of anilines is 2. The molecule has 1 saturated heterocycles. The van der Waals surface area contributed by atoms with Crippen molar-refractivity contribution in [3.05, 3.63) is 58.8 Å². The highest BCUT2D eigenvalue weighted by Gasteiger charge is 2.28. The van der Waals surface area contributed by atoms with Gasteiger partial charge in [0.05, 0.1) is 36.0 Å². The second-order valence-electron chi connectivity index (χ2n) is 8.00. The van der Waals surface area contributed by atoms with Crippen LogP contribution in [0.4, 0.5) is 11.5 Å². The molecule has 0 spiro atoms. The summed E-state index contributed by atoms with van der Waals surface area (Å²) >= 11 is 0. The number of aryl methyl sites for hydroxylation is 1. The van der Waals surface area contributed by atoms with Gasteiger partial charge in [-0.1, -0.05) is 12.1 Å². The van der Waals surface area contributed by atoms with Crippen molar-refractivity contribution in [1.82, 2.24) is 14.5 Å². The van der Waals surface area contributed by atoms with Crippen LogP contribution in [0.25, 0.3) is 10.9 Å². The van der Waals surface area contributed by atoms with E-state index in [1.165, 1.54) is 0 Å². The number of pyridine rings is 1. The van der Waals surface area contributed by atoms with Crippen molar-refractivity contribution in [2.24, 2.45) is 0 Å². The Morgan fingerprint density at radius 2 is 1.94 bits per heavy atom. The molecule has 2 aliphatic rings. The van der Waals surface area contributed by atoms with Crippen LogP contribution in [-0.4, -0.2) is 46.7 Å². The number of fused-ring (bicyclic) bond motifs is 1. The summed E-state index contributed by atoms with van der Waals surface area (Å²) in [5, 5.41) is 3.48. The molecule has 0 bridgehead atoms. The standard InChI is InChI=1S/C23H25N5O3/c29-22(26-20-8-7-17(15-24-20)27-11-13-31-14-12-27)10-9-21-25-19-4-2-1-3-18(19)23(30)28(21)16-5-6-16/h1-4,7-8,15-16H,5-6,9-14H2,(H,24,26,29). The molecular formula is C23H25N5O3. The minimum absolute atomic E-state index is 0.0103. The van der Waals surface area contributed by atoms with Gasteiger partial charge in [-0.2, -0.15) is 0 Å². The summed E-state index contributed by atoms with van der Waals surface area (Å²) in [6.07, 6.45) is 4.40. The van der Waals surface area contributed by atoms with Crippen LogP contribution in [0.3, 0.4) is 0 Å². The molecule has 31 heavy (non-hydrogen) atoms. The quantitative estimate of drug-likeness (QED) is 0.661. The van der Waals surface area contributed by atoms with E-state index in [0.29, 0.717) is 42.2 Å². The number of hydrogen-bond acceptors (Lipinski definition) is 6. The SMILES string of the molecule is O=C(CCc1nc2ccccc2c(=O)n1C1CC1)Nc1ccc(N2CCOCC2)cn1. The highest BCUT2D eigenvalue weighted by Crippen LogP contribution is 2.35. The third-order valence-electron chi connectivity index (χ3n) is 5.76. The zero-order valence-electron chi connectivity index (χ0n) is 17.3. The third kappa shape index (κ3) is 4.29. The second kappa shape index (κ2) is 8.47. The molecule has 0 unspecified atom stereocenters. The fourth-order valence-electron chi connectivity index (χ4n) is 3.98. The molecule has 2 fully saturated rings. The van der Waals surface area contributed by atoms with Crippen LogP contribution >= 0.6 is 0 Å². The molecule has 1 aliphatic heterocycles. The molecule has 160 valence electrons. The van der Waals surface area contributed by atoms with Crippen LogP contribution in [0, 0.1) is 0 Å². The lowest BCUT2D eigenvalue weighted by molar-refractivity contribution is -0.116. The summed E-state index contributed by atoms with van der Waals surface area (Å²) in [4.78, 5) is 36.7. The van der Waals surface area contributed by atoms with Crippen molar-refractivity contribution in [3.63, 3.8) is 0 Å². The van der Waals surface area contributed by atoms with Crippen molar-refractivity contribution in [2.75, 3.05) is 36.5 Å². The van der Waals surface area contributed by atoms with Crippen LogP contribution < -0.4 is 15.8 Å². The van der Waals surface area contributed by atoms with Gasteiger partial charge in [-0.15, -0.1) is 0 Å². The first-order valence-corrected chi connectivity index (χ1v) is 10.8. The zero-order valence-corrected chi connectivity index (χ0v) is 17.3. The highest BCUT2D eigenvalue weighted by atomic mass is 16.5. The number of morpholine rings is 1. The largest absolute Gasteiger partial charge is 0.378 e. The van der Waals surface area contributed by atoms with E-state index in [1.54, 1.807) is 10.8 Å². The monoisotopic (exact) mass is 419 g/mol. The van der Waals surface area contributed by atoms with Crippen LogP contribution in [0.15, 0.2) is 47.4 Å². The number of rotatable bonds is 6. The minimum Gasteiger partial charge on any atom is -0.378 e. The topological polar surface area (TPSA) is 89.4 Å². The molecule has 1 N–H and O–H groups in total. The maximum absolute atomic E-state index is 12.9. The predicted octanol–water partition coefficient (Wildman–Crippen LogP) is 2.53. The summed E-state index contributed by atoms with van der Waals surface area (Å²) in [5.41, 5.74) is 1.69. The van der Waals surface area contributed by atoms with Crippen molar-refractivity contribution >= 4 is 28.3 Å². The first-order valence-electron chi connectivity index (χ1n) is 10.8. The number of carbonyl (C=O) groups is 1. The molecule has 1 aliphatic carbocycles. The maximum atomic E-state index is 12.9. The van der Waals surface area contributed by atoms with E-state index in [2.05, 4.69) is 15.2 Å². The van der Waals surface area contributed by atoms with Gasteiger partial charge in [0.1, 0.15) is 11.6 Å². The third-order valence-corrected chi connectivity index (χ3v) is 5.76. The molecule has 5 rings (SSSR count). The van der Waals surface area contributed by atoms with E-state index >= 15 is 0 Å². The van der Waals surface area contributed by atoms with E-state index in [1.807, 2.05) is 36.4 Å². The first kappa shape index (κ1) is 19.7. The fourth-order valence-corrected chi connectivity index (χ4v) is 3.98. The molecule has 1 amide bonds. The van der Waals surface area contributed by atoms with E-state index in [4.69, 9.17) is 9.72 Å². The van der Waals surface area contributed by atoms with E-state index in [9.17, 15) is 9.59 Å². The molecule has 3 heterocycles. The number of nitrogens with one attached hydrogen (secondary N) is 1. The Hall–Kier alpha value is -3.26. The highest BCUT2D eigenvalue weighted by molar-refractivity contribution is 5.90. The van der Waals surface area contributed by atoms with Gasteiger partial charge in [-0.25, -0.2) is 9.97 Å². The lowest BCUT2D eigenvalue weighted by atomic mass is 10.2. The normalized spacial score (nSPS) is 16.5. The summed E-state index contributed by atoms with van der Waals surface area (Å²) < 4.78 is 7.16. The van der Waals surface area contributed by atoms with Gasteiger partial charge in [-0.3, -0.25) is 14.2 Å². The van der Waals surface area contributed by atoms with Gasteiger partial charge < -0.3 is 15.0 Å². The molecular weight excluding hydrogens is 394 g/mol. The van der Waals surface area contributed by atoms with Crippen LogP contribution in [0.5, 0.6) is 0 Å². The molecule has 3 aromatic rings. The average molecular weight is 419 g/mol. The van der Waals surface area contributed by atoms with Gasteiger partial charge in [-0.05, 0) is 37.1 Å². The fraction of sp³-hybridized carbons (Fsp3) is 0.391. The Bertz CT molecular complexity index is 1150. The first-order chi connectivity index (χ1) is 15.2. The number of para-hydroxylation sites is 1. The number of carbonyl (C=O) groups excluding carboxylic acids is 1. The number of aromatic nitrogens is 3. The van der Waals surface area contributed by atoms with Gasteiger partial charge in [0.25, 0.3) is 5.56 Å². The molecule has 1 aromatic carbocycles. The Morgan fingerprint density at radius 3 is 2.68 bits per heavy atom. The van der Waals surface area contributed by atoms with Crippen LogP contribution in [0.2, 0.25) is 0 Å². The van der Waals surface area contributed by atoms with E-state index in [0.717, 1.165) is 31.6 Å². The maximum Gasteiger partial charge on any atom is 0.261 e. The summed E-state index contributed by atoms with van der Waals surface area (Å²) in [6, 6.07) is 11.4. The number of amides is 1. The average Bonchev–Trinajstić information content (AvgIpc) is 3.64. The minimum atomic E-state index is -0.142. The molecule has 2 aromatic heterocycles. The lowest BCUT2D eigenvalue weighted by Gasteiger charge is -2.28. The Balaban J connectivity index is 1.26. The molecule has 8 heteroatoms. The lowest BCUT2D eigenvalue weighted by Crippen LogP contribution is -2.36. The second-order valence-corrected chi connectivity index (χ2v) is 8.00. The Morgan fingerprint density at radius 1 is 1.13 bits per heavy atom. The Labute approximate surface area is 179 Å². The van der Waals surface area contributed by atoms with Crippen LogP contribution in [-0.2, 0) is 16.0 Å². The van der Waals surface area contributed by atoms with Crippen molar-refractivity contribution in [1.29, 1.82) is 0 Å². The van der Waals surface area contributed by atoms with Crippen molar-refractivity contribution in [2.45, 2.75) is 31.7 Å². The van der Waals surface area contributed by atoms with E-state index in [-0.39, 0.29) is 23.9 Å². The molecule has 0 atom stereocenters. The molecule has 8 nitrogen and oxygen atoms in total. The van der Waals surface area contributed by atoms with Crippen molar-refractivity contribution < 1.29 is 9.53 Å². The number of ether oxygens (including phenoxy) is 1. The summed E-state index contributed by atoms with van der Waals surface area (Å²) in [5.74, 6) is 1.06. The predicted molar refractivity (Wildman–Crippen MR) is 118 cm³/mol.